The zero-order valence-electron chi connectivity index (χ0n) is 8.60. The molecule has 0 N–H and O–H groups in total. The first-order valence-corrected chi connectivity index (χ1v) is 6.86. The van der Waals surface area contributed by atoms with Crippen LogP contribution in [0.2, 0.25) is 0 Å². The molecule has 0 radical (unpaired) electrons. The van der Waals surface area contributed by atoms with Crippen LogP contribution >= 0.6 is 27.3 Å². The molecule has 0 unspecified atom stereocenters. The van der Waals surface area contributed by atoms with Gasteiger partial charge in [-0.3, -0.25) is 9.13 Å². The highest BCUT2D eigenvalue weighted by atomic mass is 79.9. The fraction of sp³-hybridized carbons (Fsp3) is 0.364. The van der Waals surface area contributed by atoms with Crippen molar-refractivity contribution in [3.8, 4) is 0 Å². The van der Waals surface area contributed by atoms with Crippen molar-refractivity contribution in [2.75, 3.05) is 0 Å². The van der Waals surface area contributed by atoms with Crippen molar-refractivity contribution >= 4 is 27.3 Å². The third-order valence-electron chi connectivity index (χ3n) is 2.77. The Morgan fingerprint density at radius 1 is 1.38 bits per heavy atom. The molecule has 2 heterocycles. The second kappa shape index (κ2) is 3.89. The number of aromatic nitrogens is 2. The fourth-order valence-electron chi connectivity index (χ4n) is 1.78. The lowest BCUT2D eigenvalue weighted by atomic mass is 10.5. The predicted molar refractivity (Wildman–Crippen MR) is 68.1 cm³/mol. The number of nitrogens with zero attached hydrogens (tertiary/aromatic N) is 2. The van der Waals surface area contributed by atoms with Gasteiger partial charge in [0.2, 0.25) is 0 Å². The molecular weight excluding hydrogens is 288 g/mol. The summed E-state index contributed by atoms with van der Waals surface area (Å²) in [6.45, 7) is 0.675. The second-order valence-electron chi connectivity index (χ2n) is 4.05. The van der Waals surface area contributed by atoms with Crippen LogP contribution < -0.4 is 5.69 Å². The van der Waals surface area contributed by atoms with Crippen LogP contribution in [0.1, 0.15) is 23.8 Å². The van der Waals surface area contributed by atoms with Gasteiger partial charge in [0.15, 0.2) is 0 Å². The van der Waals surface area contributed by atoms with Crippen molar-refractivity contribution in [3.05, 3.63) is 43.7 Å². The largest absolute Gasteiger partial charge is 0.328 e. The molecule has 0 atom stereocenters. The summed E-state index contributed by atoms with van der Waals surface area (Å²) in [7, 11) is 0. The minimum Gasteiger partial charge on any atom is -0.296 e. The molecule has 84 valence electrons. The molecule has 0 spiro atoms. The zero-order valence-corrected chi connectivity index (χ0v) is 11.0. The third kappa shape index (κ3) is 1.89. The number of hydrogen-bond acceptors (Lipinski definition) is 2. The fourth-order valence-corrected chi connectivity index (χ4v) is 3.27. The molecule has 1 aliphatic rings. The van der Waals surface area contributed by atoms with Crippen molar-refractivity contribution < 1.29 is 0 Å². The van der Waals surface area contributed by atoms with Crippen LogP contribution in [0.3, 0.4) is 0 Å². The van der Waals surface area contributed by atoms with Crippen LogP contribution in [0, 0.1) is 0 Å². The molecule has 1 fully saturated rings. The topological polar surface area (TPSA) is 26.9 Å². The molecule has 1 saturated carbocycles. The van der Waals surface area contributed by atoms with E-state index < -0.39 is 0 Å². The first-order chi connectivity index (χ1) is 7.74. The molecule has 16 heavy (non-hydrogen) atoms. The molecule has 3 nitrogen and oxygen atoms in total. The molecule has 2 aromatic rings. The van der Waals surface area contributed by atoms with Gasteiger partial charge in [-0.05, 0) is 40.9 Å². The van der Waals surface area contributed by atoms with Gasteiger partial charge >= 0.3 is 5.69 Å². The van der Waals surface area contributed by atoms with E-state index in [9.17, 15) is 4.79 Å². The molecule has 0 aliphatic heterocycles. The lowest BCUT2D eigenvalue weighted by Gasteiger charge is -1.98. The Balaban J connectivity index is 1.87. The molecule has 0 saturated heterocycles. The van der Waals surface area contributed by atoms with Crippen LogP contribution in [-0.4, -0.2) is 9.13 Å². The van der Waals surface area contributed by atoms with Gasteiger partial charge in [-0.2, -0.15) is 0 Å². The molecular formula is C11H11BrN2OS. The predicted octanol–water partition coefficient (Wildman–Crippen LogP) is 2.86. The lowest BCUT2D eigenvalue weighted by Crippen LogP contribution is -2.23. The Kier molecular flexibility index (Phi) is 2.52. The quantitative estimate of drug-likeness (QED) is 0.856. The molecule has 0 amide bonds. The Morgan fingerprint density at radius 2 is 2.19 bits per heavy atom. The van der Waals surface area contributed by atoms with Crippen molar-refractivity contribution in [2.24, 2.45) is 0 Å². The first-order valence-electron chi connectivity index (χ1n) is 5.25. The third-order valence-corrected chi connectivity index (χ3v) is 4.38. The van der Waals surface area contributed by atoms with E-state index in [0.29, 0.717) is 12.6 Å². The maximum absolute atomic E-state index is 12.0. The Bertz CT molecular complexity index is 565. The van der Waals surface area contributed by atoms with Crippen molar-refractivity contribution in [3.63, 3.8) is 0 Å². The summed E-state index contributed by atoms with van der Waals surface area (Å²) in [6, 6.07) is 4.53. The molecule has 3 rings (SSSR count). The van der Waals surface area contributed by atoms with Crippen LogP contribution in [0.5, 0.6) is 0 Å². The highest BCUT2D eigenvalue weighted by Gasteiger charge is 2.25. The number of rotatable bonds is 3. The van der Waals surface area contributed by atoms with Gasteiger partial charge in [-0.15, -0.1) is 11.3 Å². The zero-order chi connectivity index (χ0) is 11.1. The summed E-state index contributed by atoms with van der Waals surface area (Å²) >= 11 is 5.10. The molecule has 0 bridgehead atoms. The normalized spacial score (nSPS) is 15.6. The van der Waals surface area contributed by atoms with Crippen LogP contribution in [0.25, 0.3) is 0 Å². The first kappa shape index (κ1) is 10.4. The summed E-state index contributed by atoms with van der Waals surface area (Å²) in [6.07, 6.45) is 6.08. The van der Waals surface area contributed by atoms with E-state index >= 15 is 0 Å². The van der Waals surface area contributed by atoms with Gasteiger partial charge in [0.05, 0.1) is 10.3 Å². The number of imidazole rings is 1. The van der Waals surface area contributed by atoms with Gasteiger partial charge in [0, 0.05) is 23.3 Å². The number of halogens is 1. The second-order valence-corrected chi connectivity index (χ2v) is 6.60. The van der Waals surface area contributed by atoms with Crippen molar-refractivity contribution in [1.82, 2.24) is 9.13 Å². The van der Waals surface area contributed by atoms with Crippen LogP contribution in [-0.2, 0) is 6.54 Å². The summed E-state index contributed by atoms with van der Waals surface area (Å²) in [5.74, 6) is 0. The Hall–Kier alpha value is -0.810. The monoisotopic (exact) mass is 298 g/mol. The Labute approximate surface area is 105 Å². The van der Waals surface area contributed by atoms with Crippen LogP contribution in [0.4, 0.5) is 0 Å². The van der Waals surface area contributed by atoms with E-state index in [1.54, 1.807) is 15.9 Å². The van der Waals surface area contributed by atoms with Crippen molar-refractivity contribution in [1.29, 1.82) is 0 Å². The average Bonchev–Trinajstić information content (AvgIpc) is 2.93. The molecule has 2 aromatic heterocycles. The van der Waals surface area contributed by atoms with E-state index in [1.165, 1.54) is 4.88 Å². The van der Waals surface area contributed by atoms with E-state index in [1.807, 2.05) is 23.0 Å². The van der Waals surface area contributed by atoms with E-state index in [2.05, 4.69) is 22.0 Å². The average molecular weight is 299 g/mol. The minimum atomic E-state index is 0.118. The van der Waals surface area contributed by atoms with Gasteiger partial charge in [-0.1, -0.05) is 0 Å². The van der Waals surface area contributed by atoms with Gasteiger partial charge in [0.1, 0.15) is 0 Å². The van der Waals surface area contributed by atoms with Gasteiger partial charge < -0.3 is 0 Å². The van der Waals surface area contributed by atoms with Crippen molar-refractivity contribution in [2.45, 2.75) is 25.4 Å². The number of thiophene rings is 1. The highest BCUT2D eigenvalue weighted by Crippen LogP contribution is 2.33. The minimum absolute atomic E-state index is 0.118. The van der Waals surface area contributed by atoms with E-state index in [0.717, 1.165) is 16.6 Å². The molecule has 5 heteroatoms. The molecule has 1 aliphatic carbocycles. The lowest BCUT2D eigenvalue weighted by molar-refractivity contribution is 0.659. The van der Waals surface area contributed by atoms with Crippen LogP contribution in [0.15, 0.2) is 33.1 Å². The SMILES string of the molecule is O=c1n(Cc2ccc(Br)s2)ccn1C1CC1. The summed E-state index contributed by atoms with van der Waals surface area (Å²) in [4.78, 5) is 13.2. The van der Waals surface area contributed by atoms with E-state index in [-0.39, 0.29) is 5.69 Å². The Morgan fingerprint density at radius 3 is 2.81 bits per heavy atom. The smallest absolute Gasteiger partial charge is 0.296 e. The maximum Gasteiger partial charge on any atom is 0.328 e. The summed E-state index contributed by atoms with van der Waals surface area (Å²) < 4.78 is 4.73. The number of hydrogen-bond donors (Lipinski definition) is 0. The van der Waals surface area contributed by atoms with E-state index in [4.69, 9.17) is 0 Å². The van der Waals surface area contributed by atoms with Gasteiger partial charge in [-0.25, -0.2) is 4.79 Å². The summed E-state index contributed by atoms with van der Waals surface area (Å²) in [5, 5.41) is 0. The molecule has 0 aromatic carbocycles. The summed E-state index contributed by atoms with van der Waals surface area (Å²) in [5.41, 5.74) is 0.118. The van der Waals surface area contributed by atoms with Gasteiger partial charge in [0.25, 0.3) is 0 Å². The highest BCUT2D eigenvalue weighted by molar-refractivity contribution is 9.11. The standard InChI is InChI=1S/C11H11BrN2OS/c12-10-4-3-9(16-10)7-13-5-6-14(11(13)15)8-1-2-8/h3-6,8H,1-2,7H2. The maximum atomic E-state index is 12.0.